The van der Waals surface area contributed by atoms with Crippen molar-refractivity contribution in [2.45, 2.75) is 13.0 Å². The molecule has 0 aliphatic rings. The zero-order valence-electron chi connectivity index (χ0n) is 13.5. The molecule has 124 valence electrons. The largest absolute Gasteiger partial charge is 0.364 e. The summed E-state index contributed by atoms with van der Waals surface area (Å²) in [6, 6.07) is 13.3. The average molecular weight is 325 g/mol. The molecule has 0 saturated heterocycles. The lowest BCUT2D eigenvalue weighted by molar-refractivity contribution is -0.384. The molecule has 1 N–H and O–H groups in total. The van der Waals surface area contributed by atoms with Crippen LogP contribution in [0.15, 0.2) is 42.6 Å². The second-order valence-corrected chi connectivity index (χ2v) is 5.43. The highest BCUT2D eigenvalue weighted by atomic mass is 16.6. The highest BCUT2D eigenvalue weighted by Crippen LogP contribution is 2.25. The summed E-state index contributed by atoms with van der Waals surface area (Å²) in [6.45, 7) is 2.23. The van der Waals surface area contributed by atoms with Gasteiger partial charge in [-0.3, -0.25) is 10.1 Å². The second kappa shape index (κ2) is 8.60. The first-order valence-electron chi connectivity index (χ1n) is 7.61. The first kappa shape index (κ1) is 17.4. The molecule has 0 atom stereocenters. The maximum absolute atomic E-state index is 11.1. The second-order valence-electron chi connectivity index (χ2n) is 5.43. The van der Waals surface area contributed by atoms with Crippen molar-refractivity contribution in [1.82, 2.24) is 9.88 Å². The zero-order chi connectivity index (χ0) is 17.4. The molecule has 0 radical (unpaired) electrons. The number of hydrogen-bond donors (Lipinski definition) is 1. The number of hydrogen-bond acceptors (Lipinski definition) is 6. The number of aromatic nitrogens is 1. The summed E-state index contributed by atoms with van der Waals surface area (Å²) in [5.41, 5.74) is 0.989. The van der Waals surface area contributed by atoms with Gasteiger partial charge in [0.05, 0.1) is 4.92 Å². The van der Waals surface area contributed by atoms with Crippen LogP contribution in [-0.4, -0.2) is 34.9 Å². The third kappa shape index (κ3) is 4.76. The van der Waals surface area contributed by atoms with Gasteiger partial charge in [0.15, 0.2) is 0 Å². The van der Waals surface area contributed by atoms with Crippen molar-refractivity contribution in [3.63, 3.8) is 0 Å². The number of nitrogens with zero attached hydrogens (tertiary/aromatic N) is 4. The van der Waals surface area contributed by atoms with E-state index in [1.807, 2.05) is 31.3 Å². The number of nitriles is 1. The van der Waals surface area contributed by atoms with E-state index < -0.39 is 4.92 Å². The highest BCUT2D eigenvalue weighted by molar-refractivity contribution is 5.63. The van der Waals surface area contributed by atoms with E-state index in [2.05, 4.69) is 27.3 Å². The van der Waals surface area contributed by atoms with E-state index in [0.717, 1.165) is 19.5 Å². The summed E-state index contributed by atoms with van der Waals surface area (Å²) >= 11 is 0. The SMILES string of the molecule is CN(CCCNc1nccc(C#N)c1[N+](=O)[O-])Cc1ccccc1. The first-order valence-corrected chi connectivity index (χ1v) is 7.61. The van der Waals surface area contributed by atoms with Gasteiger partial charge in [0.1, 0.15) is 11.6 Å². The molecule has 7 heteroatoms. The molecule has 0 bridgehead atoms. The van der Waals surface area contributed by atoms with E-state index in [1.165, 1.54) is 17.8 Å². The topological polar surface area (TPSA) is 95.1 Å². The van der Waals surface area contributed by atoms with Crippen LogP contribution < -0.4 is 5.32 Å². The molecule has 0 fully saturated rings. The van der Waals surface area contributed by atoms with E-state index >= 15 is 0 Å². The van der Waals surface area contributed by atoms with Crippen molar-refractivity contribution < 1.29 is 4.92 Å². The van der Waals surface area contributed by atoms with E-state index in [1.54, 1.807) is 0 Å². The predicted octanol–water partition coefficient (Wildman–Crippen LogP) is 2.80. The van der Waals surface area contributed by atoms with Crippen molar-refractivity contribution in [3.8, 4) is 6.07 Å². The molecule has 0 saturated carbocycles. The fraction of sp³-hybridized carbons (Fsp3) is 0.294. The smallest absolute Gasteiger partial charge is 0.328 e. The molecule has 2 rings (SSSR count). The Kier molecular flexibility index (Phi) is 6.23. The maximum Gasteiger partial charge on any atom is 0.328 e. The first-order chi connectivity index (χ1) is 11.6. The molecule has 24 heavy (non-hydrogen) atoms. The van der Waals surface area contributed by atoms with Crippen molar-refractivity contribution in [1.29, 1.82) is 5.26 Å². The van der Waals surface area contributed by atoms with Crippen LogP contribution in [0.3, 0.4) is 0 Å². The molecular weight excluding hydrogens is 306 g/mol. The van der Waals surface area contributed by atoms with Gasteiger partial charge in [-0.1, -0.05) is 30.3 Å². The van der Waals surface area contributed by atoms with Crippen molar-refractivity contribution in [2.24, 2.45) is 0 Å². The minimum atomic E-state index is -0.574. The van der Waals surface area contributed by atoms with Gasteiger partial charge in [-0.05, 0) is 31.6 Å². The summed E-state index contributed by atoms with van der Waals surface area (Å²) in [4.78, 5) is 16.7. The van der Waals surface area contributed by atoms with Gasteiger partial charge in [-0.15, -0.1) is 0 Å². The Morgan fingerprint density at radius 2 is 2.08 bits per heavy atom. The lowest BCUT2D eigenvalue weighted by Crippen LogP contribution is -2.21. The van der Waals surface area contributed by atoms with Crippen molar-refractivity contribution >= 4 is 11.5 Å². The minimum absolute atomic E-state index is 0.0127. The zero-order valence-corrected chi connectivity index (χ0v) is 13.5. The number of benzene rings is 1. The van der Waals surface area contributed by atoms with Crippen LogP contribution in [0, 0.1) is 21.4 Å². The van der Waals surface area contributed by atoms with E-state index in [4.69, 9.17) is 5.26 Å². The van der Waals surface area contributed by atoms with Crippen molar-refractivity contribution in [3.05, 3.63) is 63.8 Å². The molecule has 0 aliphatic heterocycles. The summed E-state index contributed by atoms with van der Waals surface area (Å²) in [6.07, 6.45) is 2.20. The van der Waals surface area contributed by atoms with Crippen LogP contribution in [0.25, 0.3) is 0 Å². The third-order valence-electron chi connectivity index (χ3n) is 3.53. The monoisotopic (exact) mass is 325 g/mol. The number of rotatable bonds is 8. The number of nitrogens with one attached hydrogen (secondary N) is 1. The van der Waals surface area contributed by atoms with Gasteiger partial charge in [0.2, 0.25) is 5.82 Å². The standard InChI is InChI=1S/C17H19N5O2/c1-21(13-14-6-3-2-4-7-14)11-5-9-19-17-16(22(23)24)15(12-18)8-10-20-17/h2-4,6-8,10H,5,9,11,13H2,1H3,(H,19,20). The molecular formula is C17H19N5O2. The Balaban J connectivity index is 1.84. The summed E-state index contributed by atoms with van der Waals surface area (Å²) in [5.74, 6) is 0.143. The molecule has 0 unspecified atom stereocenters. The van der Waals surface area contributed by atoms with Gasteiger partial charge >= 0.3 is 5.69 Å². The summed E-state index contributed by atoms with van der Waals surface area (Å²) in [7, 11) is 2.03. The van der Waals surface area contributed by atoms with Crippen LogP contribution in [0.4, 0.5) is 11.5 Å². The fourth-order valence-corrected chi connectivity index (χ4v) is 2.39. The van der Waals surface area contributed by atoms with Crippen LogP contribution in [0.2, 0.25) is 0 Å². The molecule has 7 nitrogen and oxygen atoms in total. The Bertz CT molecular complexity index is 728. The molecule has 0 spiro atoms. The summed E-state index contributed by atoms with van der Waals surface area (Å²) < 4.78 is 0. The van der Waals surface area contributed by atoms with Crippen LogP contribution in [-0.2, 0) is 6.54 Å². The molecule has 0 amide bonds. The Morgan fingerprint density at radius 1 is 1.33 bits per heavy atom. The van der Waals surface area contributed by atoms with Gasteiger partial charge in [-0.2, -0.15) is 5.26 Å². The normalized spacial score (nSPS) is 10.4. The number of nitro groups is 1. The van der Waals surface area contributed by atoms with Gasteiger partial charge in [-0.25, -0.2) is 4.98 Å². The predicted molar refractivity (Wildman–Crippen MR) is 91.5 cm³/mol. The van der Waals surface area contributed by atoms with Gasteiger partial charge in [0.25, 0.3) is 0 Å². The Labute approximate surface area is 140 Å². The number of anilines is 1. The van der Waals surface area contributed by atoms with Crippen LogP contribution >= 0.6 is 0 Å². The number of pyridine rings is 1. The summed E-state index contributed by atoms with van der Waals surface area (Å²) in [5, 5.41) is 23.0. The minimum Gasteiger partial charge on any atom is -0.364 e. The van der Waals surface area contributed by atoms with Crippen molar-refractivity contribution in [2.75, 3.05) is 25.5 Å². The van der Waals surface area contributed by atoms with E-state index in [-0.39, 0.29) is 17.1 Å². The third-order valence-corrected chi connectivity index (χ3v) is 3.53. The van der Waals surface area contributed by atoms with Gasteiger partial charge in [0, 0.05) is 19.3 Å². The Hall–Kier alpha value is -2.98. The quantitative estimate of drug-likeness (QED) is 0.455. The van der Waals surface area contributed by atoms with Gasteiger partial charge < -0.3 is 10.2 Å². The highest BCUT2D eigenvalue weighted by Gasteiger charge is 2.20. The van der Waals surface area contributed by atoms with Crippen LogP contribution in [0.5, 0.6) is 0 Å². The molecule has 1 heterocycles. The lowest BCUT2D eigenvalue weighted by Gasteiger charge is -2.16. The van der Waals surface area contributed by atoms with E-state index in [0.29, 0.717) is 6.54 Å². The maximum atomic E-state index is 11.1. The molecule has 1 aromatic heterocycles. The van der Waals surface area contributed by atoms with E-state index in [9.17, 15) is 10.1 Å². The molecule has 2 aromatic rings. The lowest BCUT2D eigenvalue weighted by atomic mass is 10.2. The molecule has 0 aliphatic carbocycles. The average Bonchev–Trinajstić information content (AvgIpc) is 2.59. The Morgan fingerprint density at radius 3 is 2.75 bits per heavy atom. The molecule has 1 aromatic carbocycles. The fourth-order valence-electron chi connectivity index (χ4n) is 2.39. The van der Waals surface area contributed by atoms with Crippen LogP contribution in [0.1, 0.15) is 17.5 Å².